The van der Waals surface area contributed by atoms with E-state index in [0.29, 0.717) is 13.1 Å². The van der Waals surface area contributed by atoms with Crippen LogP contribution < -0.4 is 0 Å². The van der Waals surface area contributed by atoms with Gasteiger partial charge in [-0.05, 0) is 64.1 Å². The number of nitrogens with zero attached hydrogens (tertiary/aromatic N) is 2. The third kappa shape index (κ3) is 12.0. The van der Waals surface area contributed by atoms with Crippen LogP contribution in [0, 0.1) is 17.8 Å². The first-order valence-corrected chi connectivity index (χ1v) is 17.2. The predicted octanol–water partition coefficient (Wildman–Crippen LogP) is 4.41. The predicted molar refractivity (Wildman–Crippen MR) is 178 cm³/mol. The number of rotatable bonds is 10. The summed E-state index contributed by atoms with van der Waals surface area (Å²) in [5.74, 6) is -1.04. The average Bonchev–Trinajstić information content (AvgIpc) is 3.77. The van der Waals surface area contributed by atoms with Gasteiger partial charge in [-0.25, -0.2) is 4.79 Å². The zero-order valence-corrected chi connectivity index (χ0v) is 29.6. The quantitative estimate of drug-likeness (QED) is 0.114. The van der Waals surface area contributed by atoms with Crippen LogP contribution in [0.5, 0.6) is 0 Å². The number of piperazine rings is 1. The zero-order chi connectivity index (χ0) is 34.9. The normalized spacial score (nSPS) is 33.3. The maximum atomic E-state index is 12.8. The summed E-state index contributed by atoms with van der Waals surface area (Å²) in [7, 11) is 2.05. The van der Waals surface area contributed by atoms with Crippen LogP contribution in [0.4, 0.5) is 4.79 Å². The summed E-state index contributed by atoms with van der Waals surface area (Å²) in [6, 6.07) is 0. The van der Waals surface area contributed by atoms with Crippen LogP contribution in [0.2, 0.25) is 0 Å². The molecular formula is C36H58N2O9. The van der Waals surface area contributed by atoms with E-state index in [0.717, 1.165) is 31.5 Å². The molecule has 10 unspecified atom stereocenters. The number of aliphatic hydroxyl groups is 2. The van der Waals surface area contributed by atoms with Crippen molar-refractivity contribution in [1.29, 1.82) is 0 Å². The molecular weight excluding hydrogens is 604 g/mol. The van der Waals surface area contributed by atoms with Crippen molar-refractivity contribution in [3.8, 4) is 0 Å². The summed E-state index contributed by atoms with van der Waals surface area (Å²) >= 11 is 0. The number of ether oxygens (including phenoxy) is 4. The largest absolute Gasteiger partial charge is 0.457 e. The third-order valence-corrected chi connectivity index (χ3v) is 9.61. The number of cyclic esters (lactones) is 1. The summed E-state index contributed by atoms with van der Waals surface area (Å²) in [6.45, 7) is 15.9. The van der Waals surface area contributed by atoms with E-state index in [-0.39, 0.29) is 61.4 Å². The molecule has 0 aromatic carbocycles. The minimum absolute atomic E-state index is 0.0450. The second-order valence-electron chi connectivity index (χ2n) is 14.1. The first-order valence-electron chi connectivity index (χ1n) is 17.2. The Morgan fingerprint density at radius 2 is 1.85 bits per heavy atom. The molecule has 0 spiro atoms. The number of likely N-dealkylation sites (N-methyl/N-ethyl adjacent to an activating group) is 1. The molecule has 0 aliphatic carbocycles. The van der Waals surface area contributed by atoms with Gasteiger partial charge in [0.25, 0.3) is 0 Å². The minimum atomic E-state index is -1.42. The molecule has 0 aromatic heterocycles. The summed E-state index contributed by atoms with van der Waals surface area (Å²) in [6.07, 6.45) is 8.20. The fraction of sp³-hybridized carbons (Fsp3) is 0.750. The highest BCUT2D eigenvalue weighted by Crippen LogP contribution is 2.37. The van der Waals surface area contributed by atoms with Crippen molar-refractivity contribution in [1.82, 2.24) is 9.80 Å². The minimum Gasteiger partial charge on any atom is -0.457 e. The Labute approximate surface area is 280 Å². The third-order valence-electron chi connectivity index (χ3n) is 9.61. The molecule has 0 radical (unpaired) electrons. The summed E-state index contributed by atoms with van der Waals surface area (Å²) in [5.41, 5.74) is -0.608. The van der Waals surface area contributed by atoms with Crippen LogP contribution in [0.1, 0.15) is 80.6 Å². The molecule has 3 rings (SSSR count). The zero-order valence-electron chi connectivity index (χ0n) is 29.6. The van der Waals surface area contributed by atoms with E-state index in [1.54, 1.807) is 24.0 Å². The lowest BCUT2D eigenvalue weighted by Crippen LogP contribution is -2.48. The van der Waals surface area contributed by atoms with Crippen molar-refractivity contribution in [2.75, 3.05) is 33.2 Å². The Balaban J connectivity index is 1.59. The number of epoxide rings is 1. The van der Waals surface area contributed by atoms with Gasteiger partial charge in [-0.15, -0.1) is 0 Å². The Hall–Kier alpha value is -2.73. The highest BCUT2D eigenvalue weighted by atomic mass is 16.6. The smallest absolute Gasteiger partial charge is 0.410 e. The van der Waals surface area contributed by atoms with Gasteiger partial charge in [-0.2, -0.15) is 0 Å². The number of esters is 2. The maximum Gasteiger partial charge on any atom is 0.410 e. The van der Waals surface area contributed by atoms with Gasteiger partial charge in [-0.1, -0.05) is 52.0 Å². The van der Waals surface area contributed by atoms with E-state index in [2.05, 4.69) is 31.9 Å². The lowest BCUT2D eigenvalue weighted by atomic mass is 9.88. The molecule has 47 heavy (non-hydrogen) atoms. The molecule has 2 N–H and O–H groups in total. The highest BCUT2D eigenvalue weighted by molar-refractivity contribution is 5.70. The van der Waals surface area contributed by atoms with Crippen LogP contribution in [0.3, 0.4) is 0 Å². The van der Waals surface area contributed by atoms with Gasteiger partial charge < -0.3 is 39.0 Å². The van der Waals surface area contributed by atoms with Gasteiger partial charge in [-0.3, -0.25) is 9.59 Å². The second kappa shape index (κ2) is 17.6. The lowest BCUT2D eigenvalue weighted by molar-refractivity contribution is -0.157. The highest BCUT2D eigenvalue weighted by Gasteiger charge is 2.46. The number of hydrogen-bond acceptors (Lipinski definition) is 10. The number of carbonyl (C=O) groups excluding carboxylic acids is 3. The van der Waals surface area contributed by atoms with Gasteiger partial charge in [0.05, 0.1) is 24.7 Å². The van der Waals surface area contributed by atoms with Crippen molar-refractivity contribution in [2.45, 2.75) is 123 Å². The van der Waals surface area contributed by atoms with E-state index in [1.165, 1.54) is 6.92 Å². The average molecular weight is 663 g/mol. The molecule has 0 bridgehead atoms. The van der Waals surface area contributed by atoms with Crippen molar-refractivity contribution in [2.24, 2.45) is 17.8 Å². The molecule has 11 nitrogen and oxygen atoms in total. The molecule has 10 atom stereocenters. The fourth-order valence-electron chi connectivity index (χ4n) is 6.34. The van der Waals surface area contributed by atoms with Crippen LogP contribution in [0.15, 0.2) is 36.0 Å². The van der Waals surface area contributed by atoms with Crippen LogP contribution >= 0.6 is 0 Å². The molecule has 0 saturated carbocycles. The summed E-state index contributed by atoms with van der Waals surface area (Å²) in [4.78, 5) is 41.2. The van der Waals surface area contributed by atoms with E-state index in [1.807, 2.05) is 32.9 Å². The molecule has 1 amide bonds. The number of allylic oxidation sites excluding steroid dienone is 3. The summed E-state index contributed by atoms with van der Waals surface area (Å²) < 4.78 is 23.2. The van der Waals surface area contributed by atoms with E-state index >= 15 is 0 Å². The van der Waals surface area contributed by atoms with E-state index in [9.17, 15) is 24.6 Å². The topological polar surface area (TPSA) is 138 Å². The second-order valence-corrected chi connectivity index (χ2v) is 14.1. The number of amides is 1. The molecule has 3 heterocycles. The van der Waals surface area contributed by atoms with Crippen LogP contribution in [-0.2, 0) is 28.5 Å². The monoisotopic (exact) mass is 662 g/mol. The van der Waals surface area contributed by atoms with Crippen molar-refractivity contribution < 1.29 is 43.5 Å². The number of hydrogen-bond donors (Lipinski definition) is 2. The van der Waals surface area contributed by atoms with Crippen molar-refractivity contribution >= 4 is 18.0 Å². The van der Waals surface area contributed by atoms with E-state index < -0.39 is 35.9 Å². The van der Waals surface area contributed by atoms with Gasteiger partial charge in [0.2, 0.25) is 0 Å². The molecule has 2 saturated heterocycles. The van der Waals surface area contributed by atoms with E-state index in [4.69, 9.17) is 18.9 Å². The van der Waals surface area contributed by atoms with Gasteiger partial charge in [0.15, 0.2) is 0 Å². The standard InChI is InChI=1S/C36H58N2O9/c1-9-29(46-35(42)38-19-17-37(8)18-20-38)26(5)34-30(45-34)21-23(2)11-10-12-24(3)33-25(4)13-14-31(44-27(6)39)36(7,43)16-15-28(40)22-32(41)47-33/h10-14,23,25-26,28-31,33-34,40,43H,9,15-22H2,1-8H3. The number of aliphatic hydroxyl groups excluding tert-OH is 1. The van der Waals surface area contributed by atoms with Gasteiger partial charge >= 0.3 is 18.0 Å². The van der Waals surface area contributed by atoms with Crippen molar-refractivity contribution in [3.63, 3.8) is 0 Å². The molecule has 3 aliphatic heterocycles. The molecule has 3 aliphatic rings. The van der Waals surface area contributed by atoms with Crippen LogP contribution in [0.25, 0.3) is 0 Å². The first kappa shape index (κ1) is 38.7. The Bertz CT molecular complexity index is 1140. The summed E-state index contributed by atoms with van der Waals surface area (Å²) in [5, 5.41) is 21.4. The first-order chi connectivity index (χ1) is 22.1. The Kier molecular flexibility index (Phi) is 14.5. The Morgan fingerprint density at radius 3 is 2.49 bits per heavy atom. The SMILES string of the molecule is CCC(OC(=O)N1CCN(C)CC1)C(C)C1OC1CC(C)C=CC=C(C)C1OC(=O)CC(O)CCC(C)(O)C(OC(C)=O)C=CC1C. The molecule has 266 valence electrons. The molecule has 0 aromatic rings. The van der Waals surface area contributed by atoms with Gasteiger partial charge in [0, 0.05) is 44.9 Å². The lowest BCUT2D eigenvalue weighted by Gasteiger charge is -2.33. The molecule has 11 heteroatoms. The van der Waals surface area contributed by atoms with Gasteiger partial charge in [0.1, 0.15) is 23.9 Å². The number of carbonyl (C=O) groups is 3. The molecule has 2 fully saturated rings. The Morgan fingerprint density at radius 1 is 1.17 bits per heavy atom. The van der Waals surface area contributed by atoms with Crippen LogP contribution in [-0.4, -0.2) is 113 Å². The van der Waals surface area contributed by atoms with Crippen molar-refractivity contribution in [3.05, 3.63) is 36.0 Å². The maximum absolute atomic E-state index is 12.8. The fourth-order valence-corrected chi connectivity index (χ4v) is 6.34.